The van der Waals surface area contributed by atoms with Crippen LogP contribution >= 0.6 is 0 Å². The number of piperidine rings is 1. The van der Waals surface area contributed by atoms with E-state index in [1.165, 1.54) is 4.31 Å². The largest absolute Gasteiger partial charge is 0.462 e. The fourth-order valence-corrected chi connectivity index (χ4v) is 4.95. The van der Waals surface area contributed by atoms with Crippen LogP contribution in [0.1, 0.15) is 43.0 Å². The van der Waals surface area contributed by atoms with Crippen molar-refractivity contribution in [1.29, 1.82) is 0 Å². The second-order valence-electron chi connectivity index (χ2n) is 7.81. The van der Waals surface area contributed by atoms with Crippen molar-refractivity contribution in [2.75, 3.05) is 25.0 Å². The molecule has 0 saturated carbocycles. The van der Waals surface area contributed by atoms with E-state index in [1.807, 2.05) is 6.92 Å². The van der Waals surface area contributed by atoms with Crippen molar-refractivity contribution in [3.8, 4) is 0 Å². The summed E-state index contributed by atoms with van der Waals surface area (Å²) in [4.78, 5) is 24.2. The number of unbranched alkanes of at least 4 members (excludes halogenated alkanes) is 1. The van der Waals surface area contributed by atoms with Gasteiger partial charge in [-0.25, -0.2) is 22.0 Å². The second-order valence-corrected chi connectivity index (χ2v) is 9.75. The molecule has 178 valence electrons. The van der Waals surface area contributed by atoms with Crippen LogP contribution in [-0.2, 0) is 19.6 Å². The van der Waals surface area contributed by atoms with E-state index in [0.29, 0.717) is 23.9 Å². The number of halogens is 2. The van der Waals surface area contributed by atoms with Gasteiger partial charge in [0.25, 0.3) is 0 Å². The molecule has 0 unspecified atom stereocenters. The van der Waals surface area contributed by atoms with Crippen molar-refractivity contribution in [3.63, 3.8) is 0 Å². The van der Waals surface area contributed by atoms with Crippen molar-refractivity contribution in [3.05, 3.63) is 59.7 Å². The van der Waals surface area contributed by atoms with Gasteiger partial charge in [0.2, 0.25) is 15.9 Å². The summed E-state index contributed by atoms with van der Waals surface area (Å²) in [6.45, 7) is 2.53. The number of carbonyl (C=O) groups is 2. The molecule has 2 aromatic rings. The van der Waals surface area contributed by atoms with Crippen LogP contribution in [0.3, 0.4) is 0 Å². The number of rotatable bonds is 8. The Labute approximate surface area is 191 Å². The average molecular weight is 481 g/mol. The Morgan fingerprint density at radius 1 is 1.06 bits per heavy atom. The molecule has 7 nitrogen and oxygen atoms in total. The summed E-state index contributed by atoms with van der Waals surface area (Å²) in [5, 5.41) is 2.78. The van der Waals surface area contributed by atoms with Crippen molar-refractivity contribution >= 4 is 27.6 Å². The van der Waals surface area contributed by atoms with Gasteiger partial charge in [-0.3, -0.25) is 4.79 Å². The van der Waals surface area contributed by atoms with E-state index >= 15 is 0 Å². The lowest BCUT2D eigenvalue weighted by Crippen LogP contribution is -2.41. The first-order valence-electron chi connectivity index (χ1n) is 10.8. The van der Waals surface area contributed by atoms with Gasteiger partial charge >= 0.3 is 5.97 Å². The fourth-order valence-electron chi connectivity index (χ4n) is 3.47. The highest BCUT2D eigenvalue weighted by Gasteiger charge is 2.32. The summed E-state index contributed by atoms with van der Waals surface area (Å²) in [7, 11) is -3.98. The van der Waals surface area contributed by atoms with E-state index in [-0.39, 0.29) is 36.7 Å². The minimum atomic E-state index is -3.98. The van der Waals surface area contributed by atoms with E-state index in [4.69, 9.17) is 4.74 Å². The summed E-state index contributed by atoms with van der Waals surface area (Å²) >= 11 is 0. The molecule has 0 spiro atoms. The molecular formula is C23H26F2N2O5S. The maximum Gasteiger partial charge on any atom is 0.338 e. The lowest BCUT2D eigenvalue weighted by Gasteiger charge is -2.30. The Balaban J connectivity index is 1.54. The molecule has 3 rings (SSSR count). The van der Waals surface area contributed by atoms with E-state index in [0.717, 1.165) is 25.0 Å². The number of esters is 1. The summed E-state index contributed by atoms with van der Waals surface area (Å²) in [5.41, 5.74) is 0.904. The van der Waals surface area contributed by atoms with Gasteiger partial charge in [0.05, 0.1) is 17.1 Å². The van der Waals surface area contributed by atoms with Crippen LogP contribution in [-0.4, -0.2) is 44.3 Å². The third kappa shape index (κ3) is 6.14. The van der Waals surface area contributed by atoms with Gasteiger partial charge in [-0.1, -0.05) is 13.3 Å². The lowest BCUT2D eigenvalue weighted by molar-refractivity contribution is -0.120. The molecule has 0 aromatic heterocycles. The van der Waals surface area contributed by atoms with Crippen LogP contribution in [0, 0.1) is 17.6 Å². The maximum atomic E-state index is 13.5. The second kappa shape index (κ2) is 10.8. The minimum Gasteiger partial charge on any atom is -0.462 e. The van der Waals surface area contributed by atoms with Crippen molar-refractivity contribution in [2.45, 2.75) is 37.5 Å². The van der Waals surface area contributed by atoms with Crippen molar-refractivity contribution < 1.29 is 31.5 Å². The number of amides is 1. The number of anilines is 1. The number of nitrogens with zero attached hydrogens (tertiary/aromatic N) is 1. The predicted octanol–water partition coefficient (Wildman–Crippen LogP) is 3.96. The monoisotopic (exact) mass is 480 g/mol. The number of nitrogens with one attached hydrogen (secondary N) is 1. The van der Waals surface area contributed by atoms with Crippen molar-refractivity contribution in [1.82, 2.24) is 4.31 Å². The van der Waals surface area contributed by atoms with Gasteiger partial charge in [0.1, 0.15) is 0 Å². The number of hydrogen-bond donors (Lipinski definition) is 1. The Morgan fingerprint density at radius 3 is 2.33 bits per heavy atom. The molecule has 1 N–H and O–H groups in total. The van der Waals surface area contributed by atoms with Crippen LogP contribution in [0.25, 0.3) is 0 Å². The molecule has 1 heterocycles. The van der Waals surface area contributed by atoms with Crippen LogP contribution in [0.5, 0.6) is 0 Å². The topological polar surface area (TPSA) is 92.8 Å². The predicted molar refractivity (Wildman–Crippen MR) is 118 cm³/mol. The number of ether oxygens (including phenoxy) is 1. The summed E-state index contributed by atoms with van der Waals surface area (Å²) in [6.07, 6.45) is 2.29. The molecule has 2 aromatic carbocycles. The number of hydrogen-bond acceptors (Lipinski definition) is 5. The molecule has 1 fully saturated rings. The molecule has 1 aliphatic heterocycles. The molecular weight excluding hydrogens is 454 g/mol. The molecule has 1 amide bonds. The van der Waals surface area contributed by atoms with Crippen LogP contribution in [0.2, 0.25) is 0 Å². The summed E-state index contributed by atoms with van der Waals surface area (Å²) in [5.74, 6) is -3.43. The Bertz CT molecular complexity index is 1100. The highest BCUT2D eigenvalue weighted by atomic mass is 32.2. The van der Waals surface area contributed by atoms with E-state index in [9.17, 15) is 26.8 Å². The van der Waals surface area contributed by atoms with Gasteiger partial charge in [-0.2, -0.15) is 4.31 Å². The molecule has 0 bridgehead atoms. The zero-order valence-corrected chi connectivity index (χ0v) is 19.0. The first-order chi connectivity index (χ1) is 15.7. The Kier molecular flexibility index (Phi) is 8.15. The van der Waals surface area contributed by atoms with Gasteiger partial charge in [0.15, 0.2) is 11.6 Å². The molecule has 0 aliphatic carbocycles. The average Bonchev–Trinajstić information content (AvgIpc) is 2.81. The van der Waals surface area contributed by atoms with Gasteiger partial charge in [-0.15, -0.1) is 0 Å². The Hall–Kier alpha value is -2.85. The summed E-state index contributed by atoms with van der Waals surface area (Å²) in [6, 6.07) is 8.82. The highest BCUT2D eigenvalue weighted by molar-refractivity contribution is 7.89. The summed E-state index contributed by atoms with van der Waals surface area (Å²) < 4.78 is 58.3. The van der Waals surface area contributed by atoms with Gasteiger partial charge in [-0.05, 0) is 61.7 Å². The highest BCUT2D eigenvalue weighted by Crippen LogP contribution is 2.26. The smallest absolute Gasteiger partial charge is 0.338 e. The first-order valence-corrected chi connectivity index (χ1v) is 12.2. The number of sulfonamides is 1. The van der Waals surface area contributed by atoms with Gasteiger partial charge < -0.3 is 10.1 Å². The molecule has 1 saturated heterocycles. The normalized spacial score (nSPS) is 15.2. The van der Waals surface area contributed by atoms with E-state index < -0.39 is 33.5 Å². The zero-order chi connectivity index (χ0) is 24.0. The molecule has 0 atom stereocenters. The standard InChI is InChI=1S/C23H26F2N2O5S/c1-2-3-14-32-23(29)17-4-6-18(7-5-17)26-22(28)16-10-12-27(13-11-16)33(30,31)19-8-9-20(24)21(25)15-19/h4-9,15-16H,2-3,10-14H2,1H3,(H,26,28). The quantitative estimate of drug-likeness (QED) is 0.456. The molecule has 10 heteroatoms. The minimum absolute atomic E-state index is 0.0853. The lowest BCUT2D eigenvalue weighted by atomic mass is 9.97. The molecule has 0 radical (unpaired) electrons. The number of carbonyl (C=O) groups excluding carboxylic acids is 2. The van der Waals surface area contributed by atoms with Crippen LogP contribution in [0.4, 0.5) is 14.5 Å². The van der Waals surface area contributed by atoms with Crippen molar-refractivity contribution in [2.24, 2.45) is 5.92 Å². The fraction of sp³-hybridized carbons (Fsp3) is 0.391. The maximum absolute atomic E-state index is 13.5. The molecule has 1 aliphatic rings. The third-order valence-corrected chi connectivity index (χ3v) is 7.37. The Morgan fingerprint density at radius 2 is 1.73 bits per heavy atom. The molecule has 33 heavy (non-hydrogen) atoms. The first kappa shape index (κ1) is 24.8. The SMILES string of the molecule is CCCCOC(=O)c1ccc(NC(=O)C2CCN(S(=O)(=O)c3ccc(F)c(F)c3)CC2)cc1. The number of benzene rings is 2. The third-order valence-electron chi connectivity index (χ3n) is 5.47. The van der Waals surface area contributed by atoms with E-state index in [1.54, 1.807) is 24.3 Å². The van der Waals surface area contributed by atoms with Crippen LogP contribution in [0.15, 0.2) is 47.4 Å². The van der Waals surface area contributed by atoms with Crippen LogP contribution < -0.4 is 5.32 Å². The van der Waals surface area contributed by atoms with Gasteiger partial charge in [0, 0.05) is 24.7 Å². The zero-order valence-electron chi connectivity index (χ0n) is 18.2. The van der Waals surface area contributed by atoms with E-state index in [2.05, 4.69) is 5.32 Å².